The zero-order valence-corrected chi connectivity index (χ0v) is 18.2. The fourth-order valence-corrected chi connectivity index (χ4v) is 4.40. The summed E-state index contributed by atoms with van der Waals surface area (Å²) in [6.07, 6.45) is 2.79. The van der Waals surface area contributed by atoms with Gasteiger partial charge in [0.25, 0.3) is 10.0 Å². The Morgan fingerprint density at radius 1 is 1.12 bits per heavy atom. The second-order valence-electron chi connectivity index (χ2n) is 7.08. The lowest BCUT2D eigenvalue weighted by Gasteiger charge is -2.12. The number of hydrogen-bond donors (Lipinski definition) is 2. The van der Waals surface area contributed by atoms with E-state index in [-0.39, 0.29) is 10.6 Å². The number of aromatic amines is 1. The van der Waals surface area contributed by atoms with Gasteiger partial charge in [-0.25, -0.2) is 26.9 Å². The van der Waals surface area contributed by atoms with Gasteiger partial charge < -0.3 is 4.74 Å². The Kier molecular flexibility index (Phi) is 5.17. The van der Waals surface area contributed by atoms with Gasteiger partial charge in [0, 0.05) is 11.8 Å². The van der Waals surface area contributed by atoms with Gasteiger partial charge in [0.15, 0.2) is 17.3 Å². The minimum Gasteiger partial charge on any atom is -0.479 e. The van der Waals surface area contributed by atoms with Crippen molar-refractivity contribution in [1.29, 1.82) is 0 Å². The maximum atomic E-state index is 15.2. The Hall–Kier alpha value is -4.39. The molecule has 0 fully saturated rings. The van der Waals surface area contributed by atoms with Gasteiger partial charge in [-0.05, 0) is 30.3 Å². The van der Waals surface area contributed by atoms with Crippen molar-refractivity contribution < 1.29 is 21.9 Å². The fourth-order valence-electron chi connectivity index (χ4n) is 3.32. The van der Waals surface area contributed by atoms with Crippen molar-refractivity contribution in [1.82, 2.24) is 30.2 Å². The van der Waals surface area contributed by atoms with E-state index in [0.29, 0.717) is 22.5 Å². The summed E-state index contributed by atoms with van der Waals surface area (Å²) in [5.41, 5.74) is 0.223. The van der Waals surface area contributed by atoms with Crippen LogP contribution in [0, 0.1) is 11.6 Å². The molecule has 3 heterocycles. The summed E-state index contributed by atoms with van der Waals surface area (Å²) in [5, 5.41) is 15.1. The van der Waals surface area contributed by atoms with Crippen LogP contribution in [0.1, 0.15) is 0 Å². The molecule has 5 aromatic rings. The molecule has 0 radical (unpaired) electrons. The lowest BCUT2D eigenvalue weighted by molar-refractivity contribution is 0.401. The Balaban J connectivity index is 1.52. The van der Waals surface area contributed by atoms with Crippen LogP contribution in [0.25, 0.3) is 28.0 Å². The highest BCUT2D eigenvalue weighted by Gasteiger charge is 2.22. The predicted octanol–water partition coefficient (Wildman–Crippen LogP) is 3.29. The average molecular weight is 483 g/mol. The molecule has 2 aromatic carbocycles. The second-order valence-corrected chi connectivity index (χ2v) is 8.76. The first kappa shape index (κ1) is 21.5. The van der Waals surface area contributed by atoms with E-state index in [1.165, 1.54) is 43.8 Å². The Labute approximate surface area is 191 Å². The average Bonchev–Trinajstić information content (AvgIpc) is 3.48. The third-order valence-electron chi connectivity index (χ3n) is 4.96. The first-order chi connectivity index (χ1) is 16.4. The summed E-state index contributed by atoms with van der Waals surface area (Å²) >= 11 is 0. The number of anilines is 1. The van der Waals surface area contributed by atoms with Gasteiger partial charge in [0.1, 0.15) is 11.4 Å². The van der Waals surface area contributed by atoms with Gasteiger partial charge in [-0.2, -0.15) is 0 Å². The molecule has 34 heavy (non-hydrogen) atoms. The number of nitrogens with one attached hydrogen (secondary N) is 2. The van der Waals surface area contributed by atoms with Gasteiger partial charge in [0.05, 0.1) is 29.3 Å². The number of ether oxygens (including phenoxy) is 1. The summed E-state index contributed by atoms with van der Waals surface area (Å²) in [6.45, 7) is 0. The highest BCUT2D eigenvalue weighted by atomic mass is 32.2. The van der Waals surface area contributed by atoms with E-state index in [0.717, 1.165) is 16.8 Å². The van der Waals surface area contributed by atoms with Crippen molar-refractivity contribution in [3.63, 3.8) is 0 Å². The first-order valence-electron chi connectivity index (χ1n) is 9.74. The number of pyridine rings is 1. The van der Waals surface area contributed by atoms with Crippen LogP contribution in [0.3, 0.4) is 0 Å². The highest BCUT2D eigenvalue weighted by Crippen LogP contribution is 2.29. The molecule has 0 unspecified atom stereocenters. The van der Waals surface area contributed by atoms with E-state index in [2.05, 4.69) is 30.2 Å². The van der Waals surface area contributed by atoms with Crippen LogP contribution in [0.5, 0.6) is 5.88 Å². The molecule has 13 heteroatoms. The van der Waals surface area contributed by atoms with Crippen LogP contribution < -0.4 is 9.46 Å². The molecule has 10 nitrogen and oxygen atoms in total. The van der Waals surface area contributed by atoms with Gasteiger partial charge in [-0.3, -0.25) is 9.82 Å². The third kappa shape index (κ3) is 3.71. The predicted molar refractivity (Wildman–Crippen MR) is 118 cm³/mol. The van der Waals surface area contributed by atoms with Crippen molar-refractivity contribution in [2.45, 2.75) is 4.90 Å². The molecule has 3 aromatic heterocycles. The normalized spacial score (nSPS) is 11.6. The van der Waals surface area contributed by atoms with Crippen molar-refractivity contribution in [3.8, 4) is 22.8 Å². The molecule has 0 spiro atoms. The number of nitrogens with zero attached hydrogens (tertiary/aromatic N) is 5. The Morgan fingerprint density at radius 2 is 1.91 bits per heavy atom. The summed E-state index contributed by atoms with van der Waals surface area (Å²) in [7, 11) is -2.63. The minimum atomic E-state index is -4.09. The molecule has 172 valence electrons. The van der Waals surface area contributed by atoms with Gasteiger partial charge in [-0.1, -0.05) is 23.4 Å². The molecule has 0 aliphatic carbocycles. The van der Waals surface area contributed by atoms with Crippen molar-refractivity contribution in [2.75, 3.05) is 11.8 Å². The quantitative estimate of drug-likeness (QED) is 0.379. The molecule has 0 aliphatic heterocycles. The van der Waals surface area contributed by atoms with E-state index in [4.69, 9.17) is 4.74 Å². The standard InChI is InChI=1S/C21H15F2N7O3S/c1-33-21-14-9-12(10-24-20(14)26-27-21)17-11-30(29-25-17)19-15(22)7-8-16(18(19)23)28-34(31,32)13-5-3-2-4-6-13/h2-11,28H,1H3,(H,24,26,27). The molecule has 0 saturated carbocycles. The van der Waals surface area contributed by atoms with Crippen LogP contribution in [0.4, 0.5) is 14.5 Å². The van der Waals surface area contributed by atoms with E-state index in [9.17, 15) is 12.8 Å². The number of H-pyrrole nitrogens is 1. The van der Waals surface area contributed by atoms with Crippen LogP contribution in [0.15, 0.2) is 65.8 Å². The van der Waals surface area contributed by atoms with E-state index >= 15 is 4.39 Å². The first-order valence-corrected chi connectivity index (χ1v) is 11.2. The lowest BCUT2D eigenvalue weighted by atomic mass is 10.2. The van der Waals surface area contributed by atoms with Crippen molar-refractivity contribution in [3.05, 3.63) is 72.6 Å². The summed E-state index contributed by atoms with van der Waals surface area (Å²) in [6, 6.07) is 11.0. The minimum absolute atomic E-state index is 0.0686. The lowest BCUT2D eigenvalue weighted by Crippen LogP contribution is -2.15. The van der Waals surface area contributed by atoms with E-state index in [1.54, 1.807) is 12.1 Å². The van der Waals surface area contributed by atoms with Crippen LogP contribution in [-0.2, 0) is 10.0 Å². The topological polar surface area (TPSA) is 128 Å². The number of sulfonamides is 1. The molecule has 0 bridgehead atoms. The number of rotatable bonds is 6. The summed E-state index contributed by atoms with van der Waals surface area (Å²) in [4.78, 5) is 4.16. The molecule has 0 aliphatic rings. The van der Waals surface area contributed by atoms with Crippen LogP contribution in [0.2, 0.25) is 0 Å². The van der Waals surface area contributed by atoms with Gasteiger partial charge in [0.2, 0.25) is 5.88 Å². The molecule has 0 atom stereocenters. The number of methoxy groups -OCH3 is 1. The fraction of sp³-hybridized carbons (Fsp3) is 0.0476. The number of halogens is 2. The smallest absolute Gasteiger partial charge is 0.261 e. The van der Waals surface area contributed by atoms with E-state index in [1.807, 2.05) is 0 Å². The molecule has 5 rings (SSSR count). The SMILES string of the molecule is COc1n[nH]c2ncc(-c3cn(-c4c(F)ccc(NS(=O)(=O)c5ccccc5)c4F)nn3)cc12. The largest absolute Gasteiger partial charge is 0.479 e. The maximum Gasteiger partial charge on any atom is 0.261 e. The molecular formula is C21H15F2N7O3S. The van der Waals surface area contributed by atoms with Gasteiger partial charge in [-0.15, -0.1) is 10.2 Å². The Morgan fingerprint density at radius 3 is 2.68 bits per heavy atom. The number of hydrogen-bond acceptors (Lipinski definition) is 7. The van der Waals surface area contributed by atoms with Crippen LogP contribution in [-0.4, -0.2) is 45.7 Å². The van der Waals surface area contributed by atoms with Crippen molar-refractivity contribution >= 4 is 26.7 Å². The number of aromatic nitrogens is 6. The Bertz CT molecular complexity index is 1620. The molecular weight excluding hydrogens is 468 g/mol. The summed E-state index contributed by atoms with van der Waals surface area (Å²) < 4.78 is 63.2. The second kappa shape index (κ2) is 8.19. The van der Waals surface area contributed by atoms with E-state index < -0.39 is 33.0 Å². The zero-order valence-electron chi connectivity index (χ0n) is 17.4. The number of benzene rings is 2. The maximum absolute atomic E-state index is 15.2. The summed E-state index contributed by atoms with van der Waals surface area (Å²) in [5.74, 6) is -1.78. The third-order valence-corrected chi connectivity index (χ3v) is 6.34. The van der Waals surface area contributed by atoms with Crippen LogP contribution >= 0.6 is 0 Å². The monoisotopic (exact) mass is 483 g/mol. The zero-order chi connectivity index (χ0) is 23.9. The van der Waals surface area contributed by atoms with Crippen molar-refractivity contribution in [2.24, 2.45) is 0 Å². The number of fused-ring (bicyclic) bond motifs is 1. The van der Waals surface area contributed by atoms with Gasteiger partial charge >= 0.3 is 0 Å². The molecule has 2 N–H and O–H groups in total. The highest BCUT2D eigenvalue weighted by molar-refractivity contribution is 7.92. The molecule has 0 amide bonds. The molecule has 0 saturated heterocycles.